The van der Waals surface area contributed by atoms with E-state index in [9.17, 15) is 13.5 Å². The van der Waals surface area contributed by atoms with E-state index < -0.39 is 14.6 Å². The molecule has 0 aromatic rings. The standard InChI is InChI=1S/C17H35N3O3S/c1-5-18-15(19-13-16(2,3)24(4,22)23)20-14-17(11-12-21)9-7-6-8-10-17/h21H,5-14H2,1-4H3,(H2,18,19,20). The predicted molar refractivity (Wildman–Crippen MR) is 100 cm³/mol. The molecule has 7 heteroatoms. The van der Waals surface area contributed by atoms with Gasteiger partial charge >= 0.3 is 0 Å². The zero-order valence-corrected chi connectivity index (χ0v) is 16.5. The van der Waals surface area contributed by atoms with Gasteiger partial charge in [-0.15, -0.1) is 0 Å². The van der Waals surface area contributed by atoms with Crippen molar-refractivity contribution in [2.75, 3.05) is 32.5 Å². The topological polar surface area (TPSA) is 90.8 Å². The van der Waals surface area contributed by atoms with Gasteiger partial charge < -0.3 is 15.7 Å². The summed E-state index contributed by atoms with van der Waals surface area (Å²) >= 11 is 0. The molecule has 1 fully saturated rings. The van der Waals surface area contributed by atoms with Crippen molar-refractivity contribution in [3.05, 3.63) is 0 Å². The van der Waals surface area contributed by atoms with E-state index in [1.54, 1.807) is 13.8 Å². The fraction of sp³-hybridized carbons (Fsp3) is 0.941. The highest BCUT2D eigenvalue weighted by atomic mass is 32.2. The lowest BCUT2D eigenvalue weighted by atomic mass is 9.72. The average Bonchev–Trinajstić information content (AvgIpc) is 2.50. The number of hydrogen-bond acceptors (Lipinski definition) is 4. The Morgan fingerprint density at radius 3 is 2.33 bits per heavy atom. The van der Waals surface area contributed by atoms with E-state index in [4.69, 9.17) is 0 Å². The molecular weight excluding hydrogens is 326 g/mol. The van der Waals surface area contributed by atoms with Crippen LogP contribution in [-0.2, 0) is 9.84 Å². The van der Waals surface area contributed by atoms with Gasteiger partial charge in [-0.3, -0.25) is 4.99 Å². The van der Waals surface area contributed by atoms with Gasteiger partial charge in [-0.1, -0.05) is 19.3 Å². The number of rotatable bonds is 8. The number of hydrogen-bond donors (Lipinski definition) is 3. The van der Waals surface area contributed by atoms with Crippen LogP contribution in [-0.4, -0.2) is 56.7 Å². The summed E-state index contributed by atoms with van der Waals surface area (Å²) in [5, 5.41) is 16.0. The molecule has 1 rings (SSSR count). The van der Waals surface area contributed by atoms with Gasteiger partial charge in [-0.25, -0.2) is 8.42 Å². The lowest BCUT2D eigenvalue weighted by Crippen LogP contribution is -2.46. The first-order chi connectivity index (χ1) is 11.2. The molecule has 0 saturated heterocycles. The van der Waals surface area contributed by atoms with E-state index in [1.807, 2.05) is 6.92 Å². The molecule has 0 heterocycles. The SMILES string of the molecule is CCNC(=NCC(C)(C)S(C)(=O)=O)NCC1(CCO)CCCCC1. The predicted octanol–water partition coefficient (Wildman–Crippen LogP) is 1.70. The highest BCUT2D eigenvalue weighted by Crippen LogP contribution is 2.38. The number of sulfone groups is 1. The third-order valence-electron chi connectivity index (χ3n) is 5.15. The van der Waals surface area contributed by atoms with Crippen molar-refractivity contribution in [2.45, 2.75) is 64.0 Å². The maximum Gasteiger partial charge on any atom is 0.191 e. The highest BCUT2D eigenvalue weighted by molar-refractivity contribution is 7.92. The van der Waals surface area contributed by atoms with Gasteiger partial charge in [0, 0.05) is 26.0 Å². The second kappa shape index (κ2) is 9.04. The Hall–Kier alpha value is -0.820. The molecule has 0 atom stereocenters. The van der Waals surface area contributed by atoms with Crippen LogP contribution < -0.4 is 10.6 Å². The number of aliphatic hydroxyl groups excluding tert-OH is 1. The largest absolute Gasteiger partial charge is 0.396 e. The van der Waals surface area contributed by atoms with Gasteiger partial charge in [-0.05, 0) is 45.4 Å². The maximum absolute atomic E-state index is 11.8. The summed E-state index contributed by atoms with van der Waals surface area (Å²) < 4.78 is 22.8. The van der Waals surface area contributed by atoms with Crippen LogP contribution in [0.5, 0.6) is 0 Å². The van der Waals surface area contributed by atoms with Crippen LogP contribution in [0.25, 0.3) is 0 Å². The van der Waals surface area contributed by atoms with Gasteiger partial charge in [-0.2, -0.15) is 0 Å². The fourth-order valence-corrected chi connectivity index (χ4v) is 3.35. The van der Waals surface area contributed by atoms with E-state index in [-0.39, 0.29) is 18.6 Å². The minimum absolute atomic E-state index is 0.121. The minimum Gasteiger partial charge on any atom is -0.396 e. The maximum atomic E-state index is 11.8. The number of aliphatic imine (C=N–C) groups is 1. The summed E-state index contributed by atoms with van der Waals surface area (Å²) in [4.78, 5) is 4.48. The zero-order chi connectivity index (χ0) is 18.3. The molecule has 0 unspecified atom stereocenters. The van der Waals surface area contributed by atoms with Crippen LogP contribution in [0.15, 0.2) is 4.99 Å². The van der Waals surface area contributed by atoms with E-state index in [2.05, 4.69) is 15.6 Å². The van der Waals surface area contributed by atoms with E-state index in [0.29, 0.717) is 5.96 Å². The van der Waals surface area contributed by atoms with Crippen molar-refractivity contribution in [2.24, 2.45) is 10.4 Å². The number of nitrogens with one attached hydrogen (secondary N) is 2. The van der Waals surface area contributed by atoms with Crippen molar-refractivity contribution < 1.29 is 13.5 Å². The van der Waals surface area contributed by atoms with Crippen LogP contribution in [0.1, 0.15) is 59.3 Å². The highest BCUT2D eigenvalue weighted by Gasteiger charge is 2.32. The molecule has 1 aliphatic rings. The van der Waals surface area contributed by atoms with Gasteiger partial charge in [0.25, 0.3) is 0 Å². The van der Waals surface area contributed by atoms with Crippen molar-refractivity contribution in [1.29, 1.82) is 0 Å². The third-order valence-corrected chi connectivity index (χ3v) is 7.29. The fourth-order valence-electron chi connectivity index (χ4n) is 3.05. The van der Waals surface area contributed by atoms with Gasteiger partial charge in [0.2, 0.25) is 0 Å². The molecule has 0 aromatic carbocycles. The van der Waals surface area contributed by atoms with Crippen molar-refractivity contribution in [1.82, 2.24) is 10.6 Å². The Kier molecular flexibility index (Phi) is 7.99. The van der Waals surface area contributed by atoms with E-state index in [0.717, 1.165) is 32.4 Å². The van der Waals surface area contributed by atoms with Crippen molar-refractivity contribution >= 4 is 15.8 Å². The van der Waals surface area contributed by atoms with Gasteiger partial charge in [0.15, 0.2) is 15.8 Å². The molecular formula is C17H35N3O3S. The van der Waals surface area contributed by atoms with E-state index in [1.165, 1.54) is 25.5 Å². The summed E-state index contributed by atoms with van der Waals surface area (Å²) in [5.74, 6) is 0.650. The quantitative estimate of drug-likeness (QED) is 0.452. The molecule has 24 heavy (non-hydrogen) atoms. The van der Waals surface area contributed by atoms with Crippen LogP contribution in [0.3, 0.4) is 0 Å². The van der Waals surface area contributed by atoms with Crippen LogP contribution in [0.2, 0.25) is 0 Å². The molecule has 0 spiro atoms. The minimum atomic E-state index is -3.16. The first-order valence-corrected chi connectivity index (χ1v) is 10.9. The second-order valence-electron chi connectivity index (χ2n) is 7.61. The Bertz CT molecular complexity index is 504. The molecule has 0 bridgehead atoms. The Morgan fingerprint density at radius 2 is 1.83 bits per heavy atom. The normalized spacial score (nSPS) is 19.1. The zero-order valence-electron chi connectivity index (χ0n) is 15.7. The molecule has 0 radical (unpaired) electrons. The molecule has 6 nitrogen and oxygen atoms in total. The molecule has 142 valence electrons. The molecule has 0 amide bonds. The van der Waals surface area contributed by atoms with Crippen molar-refractivity contribution in [3.8, 4) is 0 Å². The summed E-state index contributed by atoms with van der Waals surface area (Å²) in [6.07, 6.45) is 7.97. The molecule has 1 aliphatic carbocycles. The smallest absolute Gasteiger partial charge is 0.191 e. The van der Waals surface area contributed by atoms with Crippen LogP contribution >= 0.6 is 0 Å². The molecule has 3 N–H and O–H groups in total. The first-order valence-electron chi connectivity index (χ1n) is 8.98. The third kappa shape index (κ3) is 6.24. The lowest BCUT2D eigenvalue weighted by molar-refractivity contribution is 0.131. The number of aliphatic hydroxyl groups is 1. The molecule has 0 aliphatic heterocycles. The summed E-state index contributed by atoms with van der Waals surface area (Å²) in [5.41, 5.74) is 0.121. The average molecular weight is 362 g/mol. The second-order valence-corrected chi connectivity index (χ2v) is 10.3. The summed E-state index contributed by atoms with van der Waals surface area (Å²) in [6.45, 7) is 7.29. The Balaban J connectivity index is 2.75. The van der Waals surface area contributed by atoms with Gasteiger partial charge in [0.05, 0.1) is 11.3 Å². The number of nitrogens with zero attached hydrogens (tertiary/aromatic N) is 1. The first kappa shape index (κ1) is 21.2. The van der Waals surface area contributed by atoms with Crippen molar-refractivity contribution in [3.63, 3.8) is 0 Å². The van der Waals surface area contributed by atoms with Gasteiger partial charge in [0.1, 0.15) is 0 Å². The van der Waals surface area contributed by atoms with Crippen LogP contribution in [0, 0.1) is 5.41 Å². The Morgan fingerprint density at radius 1 is 1.21 bits per heavy atom. The molecule has 1 saturated carbocycles. The van der Waals surface area contributed by atoms with E-state index >= 15 is 0 Å². The molecule has 0 aromatic heterocycles. The monoisotopic (exact) mass is 361 g/mol. The lowest BCUT2D eigenvalue weighted by Gasteiger charge is -2.37. The van der Waals surface area contributed by atoms with Crippen LogP contribution in [0.4, 0.5) is 0 Å². The number of guanidine groups is 1. The Labute approximate surface area is 147 Å². The summed E-state index contributed by atoms with van der Waals surface area (Å²) in [6, 6.07) is 0. The summed E-state index contributed by atoms with van der Waals surface area (Å²) in [7, 11) is -3.16.